The maximum Gasteiger partial charge on any atom is 0.339 e. The Morgan fingerprint density at radius 2 is 1.76 bits per heavy atom. The number of amides is 1. The third kappa shape index (κ3) is 4.22. The lowest BCUT2D eigenvalue weighted by Crippen LogP contribution is -2.30. The van der Waals surface area contributed by atoms with Crippen molar-refractivity contribution in [1.29, 1.82) is 0 Å². The average Bonchev–Trinajstić information content (AvgIpc) is 2.63. The van der Waals surface area contributed by atoms with E-state index in [1.54, 1.807) is 42.5 Å². The van der Waals surface area contributed by atoms with Gasteiger partial charge in [-0.1, -0.05) is 11.6 Å². The highest BCUT2D eigenvalue weighted by atomic mass is 35.5. The Morgan fingerprint density at radius 1 is 1.08 bits per heavy atom. The number of benzene rings is 2. The number of ether oxygens (including phenoxy) is 3. The molecule has 1 aliphatic heterocycles. The van der Waals surface area contributed by atoms with Crippen LogP contribution in [0.1, 0.15) is 17.3 Å². The van der Waals surface area contributed by atoms with Gasteiger partial charge < -0.3 is 19.5 Å². The Labute approximate surface area is 149 Å². The molecule has 1 N–H and O–H groups in total. The predicted molar refractivity (Wildman–Crippen MR) is 92.4 cm³/mol. The van der Waals surface area contributed by atoms with Crippen LogP contribution in [-0.4, -0.2) is 31.2 Å². The molecule has 3 rings (SSSR count). The molecule has 0 spiro atoms. The quantitative estimate of drug-likeness (QED) is 0.846. The smallest absolute Gasteiger partial charge is 0.339 e. The van der Waals surface area contributed by atoms with Gasteiger partial charge in [0.25, 0.3) is 5.91 Å². The number of fused-ring (bicyclic) bond motifs is 1. The fourth-order valence-corrected chi connectivity index (χ4v) is 2.36. The predicted octanol–water partition coefficient (Wildman–Crippen LogP) is 3.30. The number of nitrogens with one attached hydrogen (secondary N) is 1. The molecule has 0 radical (unpaired) electrons. The van der Waals surface area contributed by atoms with Gasteiger partial charge in [0.2, 0.25) is 0 Å². The van der Waals surface area contributed by atoms with E-state index in [1.807, 2.05) is 0 Å². The van der Waals surface area contributed by atoms with Gasteiger partial charge in [-0.25, -0.2) is 4.79 Å². The minimum atomic E-state index is -0.962. The summed E-state index contributed by atoms with van der Waals surface area (Å²) in [5, 5.41) is 3.22. The van der Waals surface area contributed by atoms with E-state index >= 15 is 0 Å². The molecule has 7 heteroatoms. The Morgan fingerprint density at radius 3 is 2.48 bits per heavy atom. The molecule has 6 nitrogen and oxygen atoms in total. The summed E-state index contributed by atoms with van der Waals surface area (Å²) in [6.45, 7) is 2.39. The van der Waals surface area contributed by atoms with Crippen molar-refractivity contribution in [3.05, 3.63) is 53.1 Å². The molecule has 0 unspecified atom stereocenters. The molecule has 1 amide bonds. The first-order chi connectivity index (χ1) is 12.0. The fourth-order valence-electron chi connectivity index (χ4n) is 2.23. The van der Waals surface area contributed by atoms with Gasteiger partial charge in [-0.05, 0) is 49.4 Å². The summed E-state index contributed by atoms with van der Waals surface area (Å²) >= 11 is 5.80. The van der Waals surface area contributed by atoms with E-state index in [1.165, 1.54) is 6.92 Å². The van der Waals surface area contributed by atoms with E-state index in [9.17, 15) is 9.59 Å². The second-order valence-corrected chi connectivity index (χ2v) is 5.84. The molecule has 1 aliphatic rings. The van der Waals surface area contributed by atoms with E-state index in [0.717, 1.165) is 0 Å². The molecule has 0 saturated carbocycles. The molecule has 0 bridgehead atoms. The molecular weight excluding hydrogens is 346 g/mol. The lowest BCUT2D eigenvalue weighted by molar-refractivity contribution is -0.123. The number of halogens is 1. The minimum absolute atomic E-state index is 0.287. The summed E-state index contributed by atoms with van der Waals surface area (Å²) in [5.74, 6) is 0.0132. The highest BCUT2D eigenvalue weighted by molar-refractivity contribution is 6.30. The van der Waals surface area contributed by atoms with Crippen molar-refractivity contribution in [3.63, 3.8) is 0 Å². The van der Waals surface area contributed by atoms with Crippen molar-refractivity contribution >= 4 is 29.2 Å². The van der Waals surface area contributed by atoms with Gasteiger partial charge in [0.05, 0.1) is 5.56 Å². The van der Waals surface area contributed by atoms with Crippen LogP contribution in [-0.2, 0) is 9.53 Å². The molecule has 130 valence electrons. The lowest BCUT2D eigenvalue weighted by atomic mass is 10.2. The zero-order valence-electron chi connectivity index (χ0n) is 13.5. The van der Waals surface area contributed by atoms with Gasteiger partial charge in [-0.2, -0.15) is 0 Å². The third-order valence-corrected chi connectivity index (χ3v) is 3.79. The molecule has 2 aromatic carbocycles. The van der Waals surface area contributed by atoms with Crippen LogP contribution in [0.3, 0.4) is 0 Å². The van der Waals surface area contributed by atoms with E-state index < -0.39 is 18.0 Å². The topological polar surface area (TPSA) is 73.9 Å². The Hall–Kier alpha value is -2.73. The Kier molecular flexibility index (Phi) is 5.09. The normalized spacial score (nSPS) is 13.7. The van der Waals surface area contributed by atoms with Crippen molar-refractivity contribution in [2.24, 2.45) is 0 Å². The summed E-state index contributed by atoms with van der Waals surface area (Å²) in [4.78, 5) is 24.4. The second kappa shape index (κ2) is 7.44. The lowest BCUT2D eigenvalue weighted by Gasteiger charge is -2.19. The first-order valence-electron chi connectivity index (χ1n) is 7.70. The van der Waals surface area contributed by atoms with Crippen molar-refractivity contribution in [3.8, 4) is 11.5 Å². The Bertz CT molecular complexity index is 791. The van der Waals surface area contributed by atoms with E-state index in [4.69, 9.17) is 25.8 Å². The van der Waals surface area contributed by atoms with Gasteiger partial charge in [-0.3, -0.25) is 4.79 Å². The molecule has 0 saturated heterocycles. The number of anilines is 1. The van der Waals surface area contributed by atoms with Crippen LogP contribution in [0.25, 0.3) is 0 Å². The summed E-state index contributed by atoms with van der Waals surface area (Å²) in [6, 6.07) is 11.4. The van der Waals surface area contributed by atoms with Gasteiger partial charge in [0, 0.05) is 10.7 Å². The van der Waals surface area contributed by atoms with Gasteiger partial charge in [0.15, 0.2) is 17.6 Å². The van der Waals surface area contributed by atoms with Gasteiger partial charge >= 0.3 is 5.97 Å². The van der Waals surface area contributed by atoms with Crippen LogP contribution in [0.2, 0.25) is 5.02 Å². The van der Waals surface area contributed by atoms with Gasteiger partial charge in [-0.15, -0.1) is 0 Å². The zero-order chi connectivity index (χ0) is 17.8. The summed E-state index contributed by atoms with van der Waals surface area (Å²) in [6.07, 6.45) is -0.962. The van der Waals surface area contributed by atoms with Gasteiger partial charge in [0.1, 0.15) is 13.2 Å². The summed E-state index contributed by atoms with van der Waals surface area (Å²) < 4.78 is 16.0. The fraction of sp³-hybridized carbons (Fsp3) is 0.222. The second-order valence-electron chi connectivity index (χ2n) is 5.40. The maximum absolute atomic E-state index is 12.2. The number of carbonyl (C=O) groups is 2. The first-order valence-corrected chi connectivity index (χ1v) is 8.08. The molecule has 0 fully saturated rings. The highest BCUT2D eigenvalue weighted by Gasteiger charge is 2.21. The molecular formula is C18H16ClNO5. The molecule has 1 heterocycles. The number of hydrogen-bond donors (Lipinski definition) is 1. The zero-order valence-corrected chi connectivity index (χ0v) is 14.2. The van der Waals surface area contributed by atoms with E-state index in [0.29, 0.717) is 35.4 Å². The molecule has 25 heavy (non-hydrogen) atoms. The van der Waals surface area contributed by atoms with Crippen LogP contribution >= 0.6 is 11.6 Å². The largest absolute Gasteiger partial charge is 0.486 e. The average molecular weight is 362 g/mol. The number of esters is 1. The molecule has 0 aliphatic carbocycles. The molecule has 2 aromatic rings. The van der Waals surface area contributed by atoms with Crippen LogP contribution in [0.4, 0.5) is 5.69 Å². The van der Waals surface area contributed by atoms with Crippen molar-refractivity contribution < 1.29 is 23.8 Å². The SMILES string of the molecule is C[C@@H](OC(=O)c1ccc2c(c1)OCCO2)C(=O)Nc1ccc(Cl)cc1. The monoisotopic (exact) mass is 361 g/mol. The van der Waals surface area contributed by atoms with Crippen LogP contribution < -0.4 is 14.8 Å². The summed E-state index contributed by atoms with van der Waals surface area (Å²) in [5.41, 5.74) is 0.854. The Balaban J connectivity index is 1.61. The molecule has 0 aromatic heterocycles. The van der Waals surface area contributed by atoms with Crippen LogP contribution in [0.15, 0.2) is 42.5 Å². The maximum atomic E-state index is 12.2. The first kappa shape index (κ1) is 17.1. The van der Waals surface area contributed by atoms with Crippen molar-refractivity contribution in [1.82, 2.24) is 0 Å². The van der Waals surface area contributed by atoms with Crippen LogP contribution in [0.5, 0.6) is 11.5 Å². The van der Waals surface area contributed by atoms with E-state index in [2.05, 4.69) is 5.32 Å². The van der Waals surface area contributed by atoms with Crippen molar-refractivity contribution in [2.75, 3.05) is 18.5 Å². The summed E-state index contributed by atoms with van der Waals surface area (Å²) in [7, 11) is 0. The number of hydrogen-bond acceptors (Lipinski definition) is 5. The molecule has 1 atom stereocenters. The number of rotatable bonds is 4. The van der Waals surface area contributed by atoms with E-state index in [-0.39, 0.29) is 5.56 Å². The van der Waals surface area contributed by atoms with Crippen molar-refractivity contribution in [2.45, 2.75) is 13.0 Å². The minimum Gasteiger partial charge on any atom is -0.486 e. The van der Waals surface area contributed by atoms with Crippen LogP contribution in [0, 0.1) is 0 Å². The third-order valence-electron chi connectivity index (χ3n) is 3.54. The highest BCUT2D eigenvalue weighted by Crippen LogP contribution is 2.31. The standard InChI is InChI=1S/C18H16ClNO5/c1-11(17(21)20-14-5-3-13(19)4-6-14)25-18(22)12-2-7-15-16(10-12)24-9-8-23-15/h2-7,10-11H,8-9H2,1H3,(H,20,21)/t11-/m1/s1. The number of carbonyl (C=O) groups excluding carboxylic acids is 2.